The maximum atomic E-state index is 5.45. The molecule has 2 rings (SSSR count). The van der Waals surface area contributed by atoms with Crippen molar-refractivity contribution in [3.05, 3.63) is 28.5 Å². The van der Waals surface area contributed by atoms with Gasteiger partial charge in [0.15, 0.2) is 0 Å². The molecule has 0 radical (unpaired) electrons. The number of hydrazine groups is 1. The van der Waals surface area contributed by atoms with Gasteiger partial charge in [0.25, 0.3) is 0 Å². The summed E-state index contributed by atoms with van der Waals surface area (Å²) in [5.74, 6) is 5.45. The number of hydrogen-bond acceptors (Lipinski definition) is 7. The van der Waals surface area contributed by atoms with Crippen molar-refractivity contribution in [3.63, 3.8) is 0 Å². The highest BCUT2D eigenvalue weighted by Gasteiger charge is 2.13. The predicted octanol–water partition coefficient (Wildman–Crippen LogP) is 0.742. The monoisotopic (exact) mass is 227 g/mol. The molecule has 0 spiro atoms. The molecular weight excluding hydrogens is 218 g/mol. The van der Waals surface area contributed by atoms with Gasteiger partial charge in [0.05, 0.1) is 35.2 Å². The average molecular weight is 227 g/mol. The first-order chi connectivity index (χ1) is 6.90. The van der Waals surface area contributed by atoms with Crippen LogP contribution >= 0.6 is 23.1 Å². The third-order valence-electron chi connectivity index (χ3n) is 1.83. The number of hydrogen-bond donors (Lipinski definition) is 2. The molecule has 74 valence electrons. The average Bonchev–Trinajstić information content (AvgIpc) is 2.86. The fraction of sp³-hybridized carbons (Fsp3) is 0.286. The molecule has 0 bridgehead atoms. The van der Waals surface area contributed by atoms with Crippen LogP contribution in [-0.4, -0.2) is 13.7 Å². The van der Waals surface area contributed by atoms with Crippen LogP contribution in [0.4, 0.5) is 0 Å². The van der Waals surface area contributed by atoms with Gasteiger partial charge in [0.1, 0.15) is 0 Å². The van der Waals surface area contributed by atoms with E-state index in [1.54, 1.807) is 17.5 Å². The molecule has 2 aromatic heterocycles. The van der Waals surface area contributed by atoms with Crippen LogP contribution in [0.15, 0.2) is 17.9 Å². The standard InChI is InChI=1S/C7H9N5S2/c8-11-6(7-3-10-14-12-7)1-5-2-9-4-13-5/h2-4,6,11H,1,8H2. The molecule has 0 aliphatic heterocycles. The smallest absolute Gasteiger partial charge is 0.0929 e. The van der Waals surface area contributed by atoms with E-state index in [2.05, 4.69) is 19.2 Å². The summed E-state index contributed by atoms with van der Waals surface area (Å²) in [6.07, 6.45) is 4.37. The summed E-state index contributed by atoms with van der Waals surface area (Å²) in [6.45, 7) is 0. The Kier molecular flexibility index (Phi) is 3.14. The second kappa shape index (κ2) is 4.56. The van der Waals surface area contributed by atoms with Crippen LogP contribution in [-0.2, 0) is 6.42 Å². The summed E-state index contributed by atoms with van der Waals surface area (Å²) in [5.41, 5.74) is 5.41. The van der Waals surface area contributed by atoms with Crippen molar-refractivity contribution in [3.8, 4) is 0 Å². The van der Waals surface area contributed by atoms with E-state index < -0.39 is 0 Å². The maximum Gasteiger partial charge on any atom is 0.0929 e. The molecular formula is C7H9N5S2. The van der Waals surface area contributed by atoms with Crippen molar-refractivity contribution < 1.29 is 0 Å². The van der Waals surface area contributed by atoms with Crippen LogP contribution in [0, 0.1) is 0 Å². The Hall–Kier alpha value is -0.890. The number of rotatable bonds is 4. The fourth-order valence-corrected chi connectivity index (χ4v) is 2.23. The molecule has 0 saturated carbocycles. The summed E-state index contributed by atoms with van der Waals surface area (Å²) in [5, 5.41) is 0. The summed E-state index contributed by atoms with van der Waals surface area (Å²) in [6, 6.07) is 0.0224. The van der Waals surface area contributed by atoms with Crippen molar-refractivity contribution in [2.75, 3.05) is 0 Å². The van der Waals surface area contributed by atoms with Gasteiger partial charge in [0, 0.05) is 17.5 Å². The van der Waals surface area contributed by atoms with E-state index >= 15 is 0 Å². The molecule has 2 heterocycles. The highest BCUT2D eigenvalue weighted by Crippen LogP contribution is 2.18. The minimum Gasteiger partial charge on any atom is -0.271 e. The summed E-state index contributed by atoms with van der Waals surface area (Å²) in [7, 11) is 0. The zero-order valence-electron chi connectivity index (χ0n) is 7.25. The number of aromatic nitrogens is 3. The molecule has 7 heteroatoms. The van der Waals surface area contributed by atoms with E-state index in [-0.39, 0.29) is 6.04 Å². The minimum atomic E-state index is 0.0224. The van der Waals surface area contributed by atoms with Crippen LogP contribution in [0.3, 0.4) is 0 Å². The topological polar surface area (TPSA) is 76.7 Å². The van der Waals surface area contributed by atoms with Crippen molar-refractivity contribution in [2.24, 2.45) is 5.84 Å². The SMILES string of the molecule is NNC(Cc1cncs1)c1cnsn1. The highest BCUT2D eigenvalue weighted by atomic mass is 32.1. The van der Waals surface area contributed by atoms with Crippen LogP contribution in [0.25, 0.3) is 0 Å². The summed E-state index contributed by atoms with van der Waals surface area (Å²) in [4.78, 5) is 5.19. The Labute approximate surface area is 89.3 Å². The van der Waals surface area contributed by atoms with Gasteiger partial charge < -0.3 is 0 Å². The predicted molar refractivity (Wildman–Crippen MR) is 55.8 cm³/mol. The van der Waals surface area contributed by atoms with Gasteiger partial charge in [-0.2, -0.15) is 8.75 Å². The lowest BCUT2D eigenvalue weighted by atomic mass is 10.1. The van der Waals surface area contributed by atoms with Crippen molar-refractivity contribution in [2.45, 2.75) is 12.5 Å². The Bertz CT molecular complexity index is 357. The quantitative estimate of drug-likeness (QED) is 0.595. The van der Waals surface area contributed by atoms with Crippen LogP contribution in [0.2, 0.25) is 0 Å². The Morgan fingerprint density at radius 3 is 3.00 bits per heavy atom. The van der Waals surface area contributed by atoms with Gasteiger partial charge in [-0.1, -0.05) is 0 Å². The first-order valence-corrected chi connectivity index (χ1v) is 5.62. The van der Waals surface area contributed by atoms with Crippen LogP contribution in [0.5, 0.6) is 0 Å². The van der Waals surface area contributed by atoms with Gasteiger partial charge in [-0.15, -0.1) is 11.3 Å². The fourth-order valence-electron chi connectivity index (χ4n) is 1.12. The Balaban J connectivity index is 2.08. The molecule has 5 nitrogen and oxygen atoms in total. The van der Waals surface area contributed by atoms with E-state index in [9.17, 15) is 0 Å². The van der Waals surface area contributed by atoms with Gasteiger partial charge in [-0.3, -0.25) is 16.3 Å². The molecule has 0 aromatic carbocycles. The zero-order chi connectivity index (χ0) is 9.80. The number of nitrogens with zero attached hydrogens (tertiary/aromatic N) is 3. The lowest BCUT2D eigenvalue weighted by Gasteiger charge is -2.10. The third kappa shape index (κ3) is 2.13. The summed E-state index contributed by atoms with van der Waals surface area (Å²) >= 11 is 2.80. The van der Waals surface area contributed by atoms with Crippen molar-refractivity contribution in [1.82, 2.24) is 19.2 Å². The molecule has 0 amide bonds. The van der Waals surface area contributed by atoms with E-state index in [0.29, 0.717) is 0 Å². The van der Waals surface area contributed by atoms with Crippen molar-refractivity contribution in [1.29, 1.82) is 0 Å². The van der Waals surface area contributed by atoms with Gasteiger partial charge in [-0.25, -0.2) is 0 Å². The lowest BCUT2D eigenvalue weighted by Crippen LogP contribution is -2.29. The second-order valence-electron chi connectivity index (χ2n) is 2.72. The molecule has 2 aromatic rings. The molecule has 0 aliphatic rings. The van der Waals surface area contributed by atoms with Crippen molar-refractivity contribution >= 4 is 23.1 Å². The van der Waals surface area contributed by atoms with Gasteiger partial charge >= 0.3 is 0 Å². The summed E-state index contributed by atoms with van der Waals surface area (Å²) < 4.78 is 8.08. The number of nitrogens with one attached hydrogen (secondary N) is 1. The zero-order valence-corrected chi connectivity index (χ0v) is 8.88. The number of thiazole rings is 1. The van der Waals surface area contributed by atoms with Gasteiger partial charge in [-0.05, 0) is 0 Å². The normalized spacial score (nSPS) is 12.9. The van der Waals surface area contributed by atoms with E-state index in [4.69, 9.17) is 5.84 Å². The molecule has 0 aliphatic carbocycles. The molecule has 0 fully saturated rings. The van der Waals surface area contributed by atoms with Gasteiger partial charge in [0.2, 0.25) is 0 Å². The first-order valence-electron chi connectivity index (χ1n) is 4.01. The highest BCUT2D eigenvalue weighted by molar-refractivity contribution is 7.09. The molecule has 1 unspecified atom stereocenters. The molecule has 0 saturated heterocycles. The molecule has 1 atom stereocenters. The lowest BCUT2D eigenvalue weighted by molar-refractivity contribution is 0.545. The van der Waals surface area contributed by atoms with Crippen LogP contribution in [0.1, 0.15) is 16.6 Å². The maximum absolute atomic E-state index is 5.45. The van der Waals surface area contributed by atoms with E-state index in [1.165, 1.54) is 16.6 Å². The molecule has 14 heavy (non-hydrogen) atoms. The minimum absolute atomic E-state index is 0.0224. The van der Waals surface area contributed by atoms with E-state index in [1.807, 2.05) is 11.7 Å². The Morgan fingerprint density at radius 2 is 2.43 bits per heavy atom. The largest absolute Gasteiger partial charge is 0.271 e. The van der Waals surface area contributed by atoms with Crippen LogP contribution < -0.4 is 11.3 Å². The van der Waals surface area contributed by atoms with E-state index in [0.717, 1.165) is 12.1 Å². The number of nitrogens with two attached hydrogens (primary N) is 1. The second-order valence-corrected chi connectivity index (χ2v) is 4.25. The first kappa shape index (κ1) is 9.66. The Morgan fingerprint density at radius 1 is 1.50 bits per heavy atom. The third-order valence-corrected chi connectivity index (χ3v) is 3.12. The molecule has 3 N–H and O–H groups in total.